The first-order valence-corrected chi connectivity index (χ1v) is 15.3. The minimum Gasteiger partial charge on any atom is -0.392 e. The van der Waals surface area contributed by atoms with Crippen LogP contribution in [0.25, 0.3) is 0 Å². The molecule has 13 heteroatoms. The van der Waals surface area contributed by atoms with E-state index in [9.17, 15) is 27.9 Å². The van der Waals surface area contributed by atoms with Crippen molar-refractivity contribution < 1.29 is 37.3 Å². The topological polar surface area (TPSA) is 114 Å². The Morgan fingerprint density at radius 1 is 1.02 bits per heavy atom. The summed E-state index contributed by atoms with van der Waals surface area (Å²) in [5, 5.41) is 12.8. The van der Waals surface area contributed by atoms with E-state index in [1.54, 1.807) is 30.6 Å². The lowest BCUT2D eigenvalue weighted by molar-refractivity contribution is -0.268. The van der Waals surface area contributed by atoms with Gasteiger partial charge in [-0.2, -0.15) is 13.2 Å². The van der Waals surface area contributed by atoms with Crippen molar-refractivity contribution in [3.63, 3.8) is 0 Å². The van der Waals surface area contributed by atoms with E-state index < -0.39 is 30.3 Å². The van der Waals surface area contributed by atoms with Gasteiger partial charge in [0.1, 0.15) is 6.04 Å². The van der Waals surface area contributed by atoms with Crippen LogP contribution in [0.3, 0.4) is 0 Å². The molecule has 5 unspecified atom stereocenters. The third-order valence-corrected chi connectivity index (χ3v) is 8.78. The smallest absolute Gasteiger partial charge is 0.392 e. The summed E-state index contributed by atoms with van der Waals surface area (Å²) >= 11 is 1.49. The van der Waals surface area contributed by atoms with Crippen LogP contribution in [0.4, 0.5) is 13.2 Å². The first-order chi connectivity index (χ1) is 21.1. The van der Waals surface area contributed by atoms with Gasteiger partial charge in [-0.15, -0.1) is 0 Å². The van der Waals surface area contributed by atoms with Gasteiger partial charge in [0.05, 0.1) is 18.8 Å². The molecule has 234 valence electrons. The summed E-state index contributed by atoms with van der Waals surface area (Å²) in [6.45, 7) is 2.00. The number of hydrogen-bond acceptors (Lipinski definition) is 8. The highest BCUT2D eigenvalue weighted by molar-refractivity contribution is 7.99. The summed E-state index contributed by atoms with van der Waals surface area (Å²) in [5.74, 6) is -2.03. The Bertz CT molecular complexity index is 1410. The molecule has 2 aromatic carbocycles. The monoisotopic (exact) mass is 630 g/mol. The van der Waals surface area contributed by atoms with Gasteiger partial charge >= 0.3 is 12.1 Å². The third-order valence-electron chi connectivity index (χ3n) is 7.82. The van der Waals surface area contributed by atoms with Crippen molar-refractivity contribution in [2.45, 2.75) is 68.8 Å². The van der Waals surface area contributed by atoms with Crippen LogP contribution in [-0.2, 0) is 32.2 Å². The molecule has 2 N–H and O–H groups in total. The number of thioether (sulfide) groups is 1. The van der Waals surface area contributed by atoms with Crippen molar-refractivity contribution in [1.29, 1.82) is 0 Å². The molecule has 0 radical (unpaired) electrons. The van der Waals surface area contributed by atoms with E-state index in [2.05, 4.69) is 22.2 Å². The van der Waals surface area contributed by atoms with Crippen LogP contribution < -0.4 is 5.32 Å². The maximum absolute atomic E-state index is 12.9. The molecular weight excluding hydrogens is 597 g/mol. The number of ether oxygens (including phenoxy) is 2. The SMILES string of the molecule is CC1C(CSc2ncccn2)OC(c2ccc(CNC(=O)C3CCCN3C(=O)C(F)(F)F)cc2)OC1c1ccc(CO)cc1. The van der Waals surface area contributed by atoms with Gasteiger partial charge in [-0.05, 0) is 35.6 Å². The Balaban J connectivity index is 1.26. The first kappa shape index (κ1) is 31.9. The molecule has 9 nitrogen and oxygen atoms in total. The van der Waals surface area contributed by atoms with Crippen molar-refractivity contribution in [1.82, 2.24) is 20.2 Å². The molecule has 3 aromatic rings. The fraction of sp³-hybridized carbons (Fsp3) is 0.419. The zero-order valence-electron chi connectivity index (χ0n) is 23.9. The van der Waals surface area contributed by atoms with Crippen molar-refractivity contribution in [3.05, 3.63) is 89.2 Å². The summed E-state index contributed by atoms with van der Waals surface area (Å²) in [5.41, 5.74) is 3.24. The number of nitrogens with one attached hydrogen (secondary N) is 1. The lowest BCUT2D eigenvalue weighted by atomic mass is 9.91. The Morgan fingerprint density at radius 2 is 1.68 bits per heavy atom. The minimum atomic E-state index is -5.02. The second-order valence-corrected chi connectivity index (χ2v) is 11.8. The molecule has 44 heavy (non-hydrogen) atoms. The number of halogens is 3. The number of carbonyl (C=O) groups excluding carboxylic acids is 2. The molecule has 2 fully saturated rings. The van der Waals surface area contributed by atoms with Gasteiger partial charge < -0.3 is 24.8 Å². The largest absolute Gasteiger partial charge is 0.471 e. The molecule has 2 aliphatic rings. The number of nitrogens with zero attached hydrogens (tertiary/aromatic N) is 3. The van der Waals surface area contributed by atoms with Crippen molar-refractivity contribution in [2.24, 2.45) is 5.92 Å². The Hall–Kier alpha value is -3.52. The molecule has 2 amide bonds. The quantitative estimate of drug-likeness (QED) is 0.258. The number of aliphatic hydroxyl groups excluding tert-OH is 1. The molecule has 5 atom stereocenters. The van der Waals surface area contributed by atoms with E-state index in [1.165, 1.54) is 11.8 Å². The van der Waals surface area contributed by atoms with Gasteiger partial charge in [0, 0.05) is 42.7 Å². The Kier molecular flexibility index (Phi) is 10.2. The van der Waals surface area contributed by atoms with Gasteiger partial charge in [0.15, 0.2) is 11.4 Å². The van der Waals surface area contributed by atoms with Gasteiger partial charge in [-0.25, -0.2) is 9.97 Å². The van der Waals surface area contributed by atoms with E-state index >= 15 is 0 Å². The second-order valence-electron chi connectivity index (χ2n) is 10.8. The van der Waals surface area contributed by atoms with E-state index in [-0.39, 0.29) is 44.2 Å². The minimum absolute atomic E-state index is 0.0173. The molecule has 0 spiro atoms. The highest BCUT2D eigenvalue weighted by Gasteiger charge is 2.47. The summed E-state index contributed by atoms with van der Waals surface area (Å²) in [4.78, 5) is 33.6. The zero-order chi connectivity index (χ0) is 31.3. The Morgan fingerprint density at radius 3 is 2.34 bits per heavy atom. The zero-order valence-corrected chi connectivity index (χ0v) is 24.8. The standard InChI is InChI=1S/C31H33F3N4O5S/c1-19-25(18-44-30-35-13-3-14-36-30)42-28(43-26(19)22-9-7-21(17-39)8-10-22)23-11-5-20(6-12-23)16-37-27(40)24-4-2-15-38(24)29(41)31(32,33)34/h3,5-14,19,24-26,28,39H,2,4,15-18H2,1H3,(H,37,40). The lowest BCUT2D eigenvalue weighted by Crippen LogP contribution is -2.50. The number of aliphatic hydroxyl groups is 1. The number of aromatic nitrogens is 2. The van der Waals surface area contributed by atoms with E-state index in [4.69, 9.17) is 9.47 Å². The second kappa shape index (κ2) is 14.1. The van der Waals surface area contributed by atoms with E-state index in [0.29, 0.717) is 22.2 Å². The summed E-state index contributed by atoms with van der Waals surface area (Å²) < 4.78 is 51.7. The third kappa shape index (κ3) is 7.57. The molecule has 2 saturated heterocycles. The van der Waals surface area contributed by atoms with Crippen LogP contribution in [-0.4, -0.2) is 62.4 Å². The summed E-state index contributed by atoms with van der Waals surface area (Å²) in [7, 11) is 0. The van der Waals surface area contributed by atoms with E-state index in [1.807, 2.05) is 36.4 Å². The summed E-state index contributed by atoms with van der Waals surface area (Å²) in [6.07, 6.45) is -2.33. The number of amides is 2. The lowest BCUT2D eigenvalue weighted by Gasteiger charge is -2.41. The van der Waals surface area contributed by atoms with Crippen LogP contribution in [0.5, 0.6) is 0 Å². The highest BCUT2D eigenvalue weighted by Crippen LogP contribution is 2.42. The van der Waals surface area contributed by atoms with Gasteiger partial charge in [-0.3, -0.25) is 9.59 Å². The average Bonchev–Trinajstić information content (AvgIpc) is 3.53. The van der Waals surface area contributed by atoms with Gasteiger partial charge in [-0.1, -0.05) is 67.2 Å². The molecule has 0 bridgehead atoms. The molecule has 0 aliphatic carbocycles. The number of likely N-dealkylation sites (tertiary alicyclic amines) is 1. The molecule has 1 aromatic heterocycles. The van der Waals surface area contributed by atoms with Crippen LogP contribution in [0.15, 0.2) is 72.1 Å². The van der Waals surface area contributed by atoms with Crippen LogP contribution >= 0.6 is 11.8 Å². The normalized spacial score (nSPS) is 23.8. The van der Waals surface area contributed by atoms with Crippen LogP contribution in [0.1, 0.15) is 54.4 Å². The van der Waals surface area contributed by atoms with Crippen LogP contribution in [0.2, 0.25) is 0 Å². The fourth-order valence-electron chi connectivity index (χ4n) is 5.37. The molecular formula is C31H33F3N4O5S. The maximum Gasteiger partial charge on any atom is 0.471 e. The van der Waals surface area contributed by atoms with Gasteiger partial charge in [0.25, 0.3) is 0 Å². The molecule has 3 heterocycles. The number of hydrogen-bond donors (Lipinski definition) is 2. The van der Waals surface area contributed by atoms with Crippen molar-refractivity contribution >= 4 is 23.6 Å². The maximum atomic E-state index is 12.9. The predicted octanol–water partition coefficient (Wildman–Crippen LogP) is 4.72. The predicted molar refractivity (Wildman–Crippen MR) is 155 cm³/mol. The number of benzene rings is 2. The molecule has 0 saturated carbocycles. The number of rotatable bonds is 9. The average molecular weight is 631 g/mol. The van der Waals surface area contributed by atoms with Crippen molar-refractivity contribution in [3.8, 4) is 0 Å². The number of alkyl halides is 3. The highest BCUT2D eigenvalue weighted by atomic mass is 32.2. The molecule has 2 aliphatic heterocycles. The van der Waals surface area contributed by atoms with Crippen molar-refractivity contribution in [2.75, 3.05) is 12.3 Å². The Labute approximate surface area is 257 Å². The molecule has 5 rings (SSSR count). The summed E-state index contributed by atoms with van der Waals surface area (Å²) in [6, 6.07) is 15.5. The number of carbonyl (C=O) groups is 2. The van der Waals surface area contributed by atoms with Gasteiger partial charge in [0.2, 0.25) is 5.91 Å². The van der Waals surface area contributed by atoms with E-state index in [0.717, 1.165) is 22.3 Å². The first-order valence-electron chi connectivity index (χ1n) is 14.3. The fourth-order valence-corrected chi connectivity index (χ4v) is 6.34. The van der Waals surface area contributed by atoms with Crippen LogP contribution in [0, 0.1) is 5.92 Å².